The van der Waals surface area contributed by atoms with Crippen LogP contribution in [0.1, 0.15) is 22.5 Å². The SMILES string of the molecule is O=C(CNC(=O)c1cccs1)Nc1ccc(N2CCCC2)nc1. The van der Waals surface area contributed by atoms with Crippen molar-refractivity contribution in [2.75, 3.05) is 29.9 Å². The third-order valence-corrected chi connectivity index (χ3v) is 4.48. The average Bonchev–Trinajstić information content (AvgIpc) is 3.26. The minimum absolute atomic E-state index is 0.0649. The quantitative estimate of drug-likeness (QED) is 0.880. The Morgan fingerprint density at radius 2 is 2.04 bits per heavy atom. The fraction of sp³-hybridized carbons (Fsp3) is 0.312. The molecule has 1 aliphatic heterocycles. The molecule has 0 atom stereocenters. The van der Waals surface area contributed by atoms with E-state index in [1.165, 1.54) is 24.2 Å². The molecule has 2 N–H and O–H groups in total. The van der Waals surface area contributed by atoms with E-state index in [9.17, 15) is 9.59 Å². The van der Waals surface area contributed by atoms with Gasteiger partial charge in [0.05, 0.1) is 23.3 Å². The second-order valence-corrected chi connectivity index (χ2v) is 6.26. The Bertz CT molecular complexity index is 664. The number of nitrogens with zero attached hydrogens (tertiary/aromatic N) is 2. The van der Waals surface area contributed by atoms with Crippen molar-refractivity contribution in [3.63, 3.8) is 0 Å². The smallest absolute Gasteiger partial charge is 0.261 e. The third kappa shape index (κ3) is 4.07. The van der Waals surface area contributed by atoms with E-state index in [0.717, 1.165) is 18.9 Å². The maximum Gasteiger partial charge on any atom is 0.261 e. The van der Waals surface area contributed by atoms with Crippen LogP contribution in [-0.2, 0) is 4.79 Å². The molecule has 23 heavy (non-hydrogen) atoms. The third-order valence-electron chi connectivity index (χ3n) is 3.62. The van der Waals surface area contributed by atoms with Crippen LogP contribution in [0.2, 0.25) is 0 Å². The Balaban J connectivity index is 1.48. The van der Waals surface area contributed by atoms with Gasteiger partial charge in [-0.05, 0) is 36.4 Å². The Morgan fingerprint density at radius 3 is 2.70 bits per heavy atom. The van der Waals surface area contributed by atoms with Crippen molar-refractivity contribution in [3.05, 3.63) is 40.7 Å². The van der Waals surface area contributed by atoms with Gasteiger partial charge >= 0.3 is 0 Å². The molecule has 0 unspecified atom stereocenters. The van der Waals surface area contributed by atoms with Crippen LogP contribution < -0.4 is 15.5 Å². The van der Waals surface area contributed by atoms with Crippen LogP contribution in [0.4, 0.5) is 11.5 Å². The second kappa shape index (κ2) is 7.23. The number of carbonyl (C=O) groups excluding carboxylic acids is 2. The highest BCUT2D eigenvalue weighted by Crippen LogP contribution is 2.18. The van der Waals surface area contributed by atoms with Crippen LogP contribution in [0.25, 0.3) is 0 Å². The van der Waals surface area contributed by atoms with Gasteiger partial charge in [-0.3, -0.25) is 9.59 Å². The van der Waals surface area contributed by atoms with Crippen LogP contribution in [0, 0.1) is 0 Å². The maximum atomic E-state index is 11.9. The molecular formula is C16H18N4O2S. The average molecular weight is 330 g/mol. The van der Waals surface area contributed by atoms with Crippen molar-refractivity contribution in [3.8, 4) is 0 Å². The summed E-state index contributed by atoms with van der Waals surface area (Å²) in [6.07, 6.45) is 4.04. The fourth-order valence-corrected chi connectivity index (χ4v) is 3.09. The Kier molecular flexibility index (Phi) is 4.87. The fourth-order valence-electron chi connectivity index (χ4n) is 2.45. The van der Waals surface area contributed by atoms with E-state index in [0.29, 0.717) is 10.6 Å². The lowest BCUT2D eigenvalue weighted by atomic mass is 10.3. The Hall–Kier alpha value is -2.41. The van der Waals surface area contributed by atoms with Gasteiger partial charge in [0.1, 0.15) is 5.82 Å². The Labute approximate surface area is 138 Å². The van der Waals surface area contributed by atoms with Gasteiger partial charge in [0.25, 0.3) is 5.91 Å². The molecule has 1 fully saturated rings. The first-order valence-corrected chi connectivity index (χ1v) is 8.43. The van der Waals surface area contributed by atoms with Gasteiger partial charge in [-0.2, -0.15) is 0 Å². The van der Waals surface area contributed by atoms with Crippen molar-refractivity contribution in [2.24, 2.45) is 0 Å². The first-order chi connectivity index (χ1) is 11.2. The number of anilines is 2. The molecule has 2 amide bonds. The molecular weight excluding hydrogens is 312 g/mol. The zero-order valence-electron chi connectivity index (χ0n) is 12.6. The lowest BCUT2D eigenvalue weighted by Gasteiger charge is -2.16. The minimum atomic E-state index is -0.273. The van der Waals surface area contributed by atoms with Crippen molar-refractivity contribution < 1.29 is 9.59 Å². The van der Waals surface area contributed by atoms with E-state index < -0.39 is 0 Å². The number of hydrogen-bond acceptors (Lipinski definition) is 5. The predicted molar refractivity (Wildman–Crippen MR) is 91.0 cm³/mol. The van der Waals surface area contributed by atoms with Crippen LogP contribution in [0.3, 0.4) is 0 Å². The molecule has 3 heterocycles. The molecule has 7 heteroatoms. The summed E-state index contributed by atoms with van der Waals surface area (Å²) in [6, 6.07) is 7.26. The van der Waals surface area contributed by atoms with Gasteiger partial charge in [-0.1, -0.05) is 6.07 Å². The lowest BCUT2D eigenvalue weighted by molar-refractivity contribution is -0.115. The summed E-state index contributed by atoms with van der Waals surface area (Å²) in [5.41, 5.74) is 0.628. The molecule has 120 valence electrons. The number of carbonyl (C=O) groups is 2. The highest BCUT2D eigenvalue weighted by atomic mass is 32.1. The van der Waals surface area contributed by atoms with E-state index in [1.54, 1.807) is 18.3 Å². The number of hydrogen-bond donors (Lipinski definition) is 2. The number of amides is 2. The first kappa shape index (κ1) is 15.5. The summed E-state index contributed by atoms with van der Waals surface area (Å²) in [4.78, 5) is 30.8. The molecule has 0 spiro atoms. The summed E-state index contributed by atoms with van der Waals surface area (Å²) in [5.74, 6) is 0.426. The largest absolute Gasteiger partial charge is 0.357 e. The number of thiophene rings is 1. The normalized spacial score (nSPS) is 13.8. The van der Waals surface area contributed by atoms with Crippen molar-refractivity contribution >= 4 is 34.7 Å². The molecule has 0 bridgehead atoms. The van der Waals surface area contributed by atoms with Crippen LogP contribution in [-0.4, -0.2) is 36.4 Å². The predicted octanol–water partition coefficient (Wildman–Crippen LogP) is 2.11. The highest BCUT2D eigenvalue weighted by molar-refractivity contribution is 7.12. The van der Waals surface area contributed by atoms with Gasteiger partial charge in [0, 0.05) is 13.1 Å². The van der Waals surface area contributed by atoms with Gasteiger partial charge < -0.3 is 15.5 Å². The van der Waals surface area contributed by atoms with E-state index in [2.05, 4.69) is 20.5 Å². The van der Waals surface area contributed by atoms with E-state index in [1.807, 2.05) is 17.5 Å². The topological polar surface area (TPSA) is 74.3 Å². The van der Waals surface area contributed by atoms with Gasteiger partial charge in [-0.25, -0.2) is 4.98 Å². The Morgan fingerprint density at radius 1 is 1.22 bits per heavy atom. The molecule has 1 saturated heterocycles. The molecule has 2 aromatic rings. The molecule has 0 aliphatic carbocycles. The molecule has 0 radical (unpaired) electrons. The van der Waals surface area contributed by atoms with E-state index in [4.69, 9.17) is 0 Å². The molecule has 6 nitrogen and oxygen atoms in total. The number of pyridine rings is 1. The summed E-state index contributed by atoms with van der Waals surface area (Å²) >= 11 is 1.34. The summed E-state index contributed by atoms with van der Waals surface area (Å²) in [5, 5.41) is 7.14. The molecule has 1 aliphatic rings. The zero-order chi connectivity index (χ0) is 16.1. The standard InChI is InChI=1S/C16H18N4O2S/c21-15(11-18-16(22)13-4-3-9-23-13)19-12-5-6-14(17-10-12)20-7-1-2-8-20/h3-6,9-10H,1-2,7-8,11H2,(H,18,22)(H,19,21). The lowest BCUT2D eigenvalue weighted by Crippen LogP contribution is -2.32. The summed E-state index contributed by atoms with van der Waals surface area (Å²) in [6.45, 7) is 2.01. The molecule has 2 aromatic heterocycles. The minimum Gasteiger partial charge on any atom is -0.357 e. The van der Waals surface area contributed by atoms with E-state index in [-0.39, 0.29) is 18.4 Å². The molecule has 0 saturated carbocycles. The molecule has 0 aromatic carbocycles. The van der Waals surface area contributed by atoms with Crippen LogP contribution in [0.5, 0.6) is 0 Å². The van der Waals surface area contributed by atoms with Gasteiger partial charge in [0.2, 0.25) is 5.91 Å². The maximum absolute atomic E-state index is 11.9. The second-order valence-electron chi connectivity index (χ2n) is 5.31. The van der Waals surface area contributed by atoms with Crippen molar-refractivity contribution in [2.45, 2.75) is 12.8 Å². The number of nitrogens with one attached hydrogen (secondary N) is 2. The first-order valence-electron chi connectivity index (χ1n) is 7.55. The zero-order valence-corrected chi connectivity index (χ0v) is 13.4. The van der Waals surface area contributed by atoms with Gasteiger partial charge in [0.15, 0.2) is 0 Å². The highest BCUT2D eigenvalue weighted by Gasteiger charge is 2.13. The van der Waals surface area contributed by atoms with Crippen LogP contribution in [0.15, 0.2) is 35.8 Å². The molecule has 3 rings (SSSR count). The monoisotopic (exact) mass is 330 g/mol. The van der Waals surface area contributed by atoms with Crippen LogP contribution >= 0.6 is 11.3 Å². The van der Waals surface area contributed by atoms with Crippen molar-refractivity contribution in [1.82, 2.24) is 10.3 Å². The van der Waals surface area contributed by atoms with Gasteiger partial charge in [-0.15, -0.1) is 11.3 Å². The summed E-state index contributed by atoms with van der Waals surface area (Å²) < 4.78 is 0. The number of rotatable bonds is 5. The van der Waals surface area contributed by atoms with E-state index >= 15 is 0 Å². The summed E-state index contributed by atoms with van der Waals surface area (Å²) in [7, 11) is 0. The van der Waals surface area contributed by atoms with Crippen molar-refractivity contribution in [1.29, 1.82) is 0 Å². The number of aromatic nitrogens is 1.